The Morgan fingerprint density at radius 2 is 1.59 bits per heavy atom. The Balaban J connectivity index is 1.34. The number of nitrogens with one attached hydrogen (secondary N) is 2. The maximum atomic E-state index is 15.6. The van der Waals surface area contributed by atoms with Crippen LogP contribution >= 0.6 is 11.6 Å². The van der Waals surface area contributed by atoms with E-state index in [2.05, 4.69) is 20.8 Å². The summed E-state index contributed by atoms with van der Waals surface area (Å²) in [5.74, 6) is -12.7. The van der Waals surface area contributed by atoms with Gasteiger partial charge < -0.3 is 10.6 Å². The molecule has 1 saturated heterocycles. The van der Waals surface area contributed by atoms with Gasteiger partial charge >= 0.3 is 12.4 Å². The normalized spacial score (nSPS) is 18.6. The average Bonchev–Trinajstić information content (AvgIpc) is 3.70. The summed E-state index contributed by atoms with van der Waals surface area (Å²) < 4.78 is 198. The summed E-state index contributed by atoms with van der Waals surface area (Å²) in [6.07, 6.45) is -9.76. The third-order valence-electron chi connectivity index (χ3n) is 12.8. The molecule has 1 aliphatic heterocycles. The molecule has 27 heteroatoms. The third-order valence-corrected chi connectivity index (χ3v) is 16.3. The smallest absolute Gasteiger partial charge is 0.346 e. The second kappa shape index (κ2) is 17.5. The van der Waals surface area contributed by atoms with Gasteiger partial charge in [0.25, 0.3) is 5.92 Å². The Labute approximate surface area is 397 Å². The van der Waals surface area contributed by atoms with Crippen molar-refractivity contribution in [1.29, 1.82) is 0 Å². The molecule has 4 heterocycles. The first-order valence-electron chi connectivity index (χ1n) is 21.3. The van der Waals surface area contributed by atoms with Crippen molar-refractivity contribution in [2.45, 2.75) is 87.6 Å². The van der Waals surface area contributed by atoms with Crippen molar-refractivity contribution in [2.24, 2.45) is 11.8 Å². The number of anilines is 1. The van der Waals surface area contributed by atoms with Crippen molar-refractivity contribution >= 4 is 60.0 Å². The number of benzene rings is 2. The molecule has 5 aromatic rings. The highest BCUT2D eigenvalue weighted by molar-refractivity contribution is 7.93. The van der Waals surface area contributed by atoms with Crippen LogP contribution in [0.4, 0.5) is 49.7 Å². The minimum atomic E-state index is -5.20. The maximum Gasteiger partial charge on any atom is 0.435 e. The second-order valence-electron chi connectivity index (χ2n) is 18.3. The number of hydrogen-bond acceptors (Lipinski definition) is 10. The quantitative estimate of drug-likeness (QED) is 0.101. The number of halogens is 11. The molecular weight excluding hydrogens is 1010 g/mol. The first kappa shape index (κ1) is 51.0. The summed E-state index contributed by atoms with van der Waals surface area (Å²) in [4.78, 5) is 32.6. The number of carbonyl (C=O) groups excluding carboxylic acids is 2. The van der Waals surface area contributed by atoms with E-state index in [9.17, 15) is 61.5 Å². The standard InChI is InChI=1S/C43H41ClF10N8O6S2/c1-40(2,69(3,65)66)10-9-24-5-6-25(26-7-8-29(44)33-35(26)61(19-41(47,48)49)59-38(33)62(70(4,67)68)39(64)21-16-55-17-21)34(56-24)30(13-20-11-22(45)14-23(46)12-20)57-31(63)18-60-37-32(36(58-60)43(52,53)54)27-15-28(27)42(37,50)51/h5-8,11-12,14,21,27-28,30,55H,9-10,13,15-19H2,1-4H3,(H,57,63)/t27-,28?,30-/m0/s1. The summed E-state index contributed by atoms with van der Waals surface area (Å²) in [7, 11) is -8.37. The van der Waals surface area contributed by atoms with Crippen LogP contribution in [-0.2, 0) is 67.5 Å². The van der Waals surface area contributed by atoms with Gasteiger partial charge in [-0.05, 0) is 75.3 Å². The Morgan fingerprint density at radius 3 is 2.16 bits per heavy atom. The molecule has 0 spiro atoms. The van der Waals surface area contributed by atoms with Crippen LogP contribution in [0.3, 0.4) is 0 Å². The molecule has 0 bridgehead atoms. The number of aromatic nitrogens is 5. The van der Waals surface area contributed by atoms with Crippen molar-refractivity contribution in [3.63, 3.8) is 0 Å². The molecule has 70 heavy (non-hydrogen) atoms. The highest BCUT2D eigenvalue weighted by Crippen LogP contribution is 2.68. The highest BCUT2D eigenvalue weighted by atomic mass is 35.5. The lowest BCUT2D eigenvalue weighted by molar-refractivity contribution is -0.143. The zero-order chi connectivity index (χ0) is 51.4. The van der Waals surface area contributed by atoms with Crippen LogP contribution in [0.25, 0.3) is 22.0 Å². The fourth-order valence-electron chi connectivity index (χ4n) is 8.87. The average molecular weight is 1060 g/mol. The Hall–Kier alpha value is -5.34. The predicted octanol–water partition coefficient (Wildman–Crippen LogP) is 7.38. The second-order valence-corrected chi connectivity index (χ2v) is 23.2. The van der Waals surface area contributed by atoms with Crippen LogP contribution in [0, 0.1) is 23.5 Å². The fraction of sp³-hybridized carbons (Fsp3) is 0.465. The number of sulfonamides is 1. The third kappa shape index (κ3) is 9.71. The number of alkyl halides is 8. The van der Waals surface area contributed by atoms with Crippen molar-refractivity contribution in [2.75, 3.05) is 29.9 Å². The largest absolute Gasteiger partial charge is 0.435 e. The number of nitrogens with zero attached hydrogens (tertiary/aromatic N) is 6. The maximum absolute atomic E-state index is 15.6. The molecule has 3 aromatic heterocycles. The zero-order valence-corrected chi connectivity index (χ0v) is 39.5. The van der Waals surface area contributed by atoms with Crippen LogP contribution in [0.2, 0.25) is 5.02 Å². The van der Waals surface area contributed by atoms with Gasteiger partial charge in [0.1, 0.15) is 30.4 Å². The number of aryl methyl sites for hydroxylation is 1. The summed E-state index contributed by atoms with van der Waals surface area (Å²) >= 11 is 6.66. The lowest BCUT2D eigenvalue weighted by atomic mass is 9.93. The first-order chi connectivity index (χ1) is 32.3. The van der Waals surface area contributed by atoms with E-state index in [1.54, 1.807) is 0 Å². The molecule has 3 aliphatic rings. The molecule has 8 rings (SSSR count). The van der Waals surface area contributed by atoms with Gasteiger partial charge in [0.2, 0.25) is 21.8 Å². The van der Waals surface area contributed by atoms with Gasteiger partial charge in [-0.15, -0.1) is 0 Å². The number of fused-ring (bicyclic) bond motifs is 4. The predicted molar refractivity (Wildman–Crippen MR) is 233 cm³/mol. The van der Waals surface area contributed by atoms with Crippen LogP contribution in [0.15, 0.2) is 42.5 Å². The van der Waals surface area contributed by atoms with E-state index in [0.29, 0.717) is 17.0 Å². The van der Waals surface area contributed by atoms with Gasteiger partial charge in [-0.2, -0.15) is 49.6 Å². The van der Waals surface area contributed by atoms with E-state index in [4.69, 9.17) is 16.6 Å². The lowest BCUT2D eigenvalue weighted by Crippen LogP contribution is -2.53. The zero-order valence-electron chi connectivity index (χ0n) is 37.1. The van der Waals surface area contributed by atoms with Crippen LogP contribution in [0.1, 0.15) is 72.6 Å². The number of rotatable bonds is 15. The topological polar surface area (TPSA) is 178 Å². The van der Waals surface area contributed by atoms with Gasteiger partial charge in [0.05, 0.1) is 44.6 Å². The summed E-state index contributed by atoms with van der Waals surface area (Å²) in [5.41, 5.74) is -4.92. The summed E-state index contributed by atoms with van der Waals surface area (Å²) in [6, 6.07) is 5.47. The molecule has 378 valence electrons. The van der Waals surface area contributed by atoms with Crippen molar-refractivity contribution in [3.05, 3.63) is 93.0 Å². The van der Waals surface area contributed by atoms with Gasteiger partial charge in [0, 0.05) is 53.7 Å². The molecule has 2 aliphatic carbocycles. The molecular formula is C43H41ClF10N8O6S2. The number of pyridine rings is 1. The molecule has 0 radical (unpaired) electrons. The van der Waals surface area contributed by atoms with E-state index in [-0.39, 0.29) is 74.4 Å². The molecule has 1 unspecified atom stereocenters. The van der Waals surface area contributed by atoms with Crippen molar-refractivity contribution < 1.29 is 70.3 Å². The highest BCUT2D eigenvalue weighted by Gasteiger charge is 2.68. The van der Waals surface area contributed by atoms with E-state index in [1.165, 1.54) is 32.0 Å². The van der Waals surface area contributed by atoms with Gasteiger partial charge in [0.15, 0.2) is 21.3 Å². The number of carbonyl (C=O) groups is 2. The van der Waals surface area contributed by atoms with Gasteiger partial charge in [-0.25, -0.2) is 25.6 Å². The fourth-order valence-corrected chi connectivity index (χ4v) is 10.5. The monoisotopic (exact) mass is 1050 g/mol. The van der Waals surface area contributed by atoms with Gasteiger partial charge in [-0.3, -0.25) is 23.9 Å². The molecule has 2 N–H and O–H groups in total. The molecule has 2 aromatic carbocycles. The number of amides is 2. The van der Waals surface area contributed by atoms with Crippen molar-refractivity contribution in [1.82, 2.24) is 35.2 Å². The first-order valence-corrected chi connectivity index (χ1v) is 25.4. The van der Waals surface area contributed by atoms with Crippen LogP contribution in [-0.4, -0.2) is 89.7 Å². The molecule has 2 amide bonds. The van der Waals surface area contributed by atoms with Gasteiger partial charge in [-0.1, -0.05) is 23.7 Å². The van der Waals surface area contributed by atoms with E-state index in [1.807, 2.05) is 0 Å². The Kier molecular flexibility index (Phi) is 12.7. The molecule has 2 fully saturated rings. The minimum Gasteiger partial charge on any atom is -0.346 e. The molecule has 1 saturated carbocycles. The van der Waals surface area contributed by atoms with E-state index < -0.39 is 143 Å². The summed E-state index contributed by atoms with van der Waals surface area (Å²) in [5, 5.41) is 11.8. The Morgan fingerprint density at radius 1 is 0.943 bits per heavy atom. The number of hydrogen-bond donors (Lipinski definition) is 2. The number of sulfone groups is 1. The lowest BCUT2D eigenvalue weighted by Gasteiger charge is -2.30. The minimum absolute atomic E-state index is 0.0198. The van der Waals surface area contributed by atoms with Crippen LogP contribution < -0.4 is 14.9 Å². The van der Waals surface area contributed by atoms with E-state index >= 15 is 8.78 Å². The van der Waals surface area contributed by atoms with Crippen LogP contribution in [0.5, 0.6) is 0 Å². The molecule has 3 atom stereocenters. The molecule has 14 nitrogen and oxygen atoms in total. The SMILES string of the molecule is CC(C)(CCc1ccc(-c2ccc(Cl)c3c(N(C(=O)C4CNC4)S(C)(=O)=O)nn(CC(F)(F)F)c23)c([C@H](Cc2cc(F)cc(F)c2)NC(=O)Cn2nc(C(F)(F)F)c3c2C(F)(F)C2C[C@H]32)n1)S(C)(=O)=O. The van der Waals surface area contributed by atoms with Crippen molar-refractivity contribution in [3.8, 4) is 11.1 Å². The van der Waals surface area contributed by atoms with E-state index in [0.717, 1.165) is 24.5 Å². The Bertz CT molecular complexity index is 3170. The summed E-state index contributed by atoms with van der Waals surface area (Å²) in [6.45, 7) is -0.274.